The van der Waals surface area contributed by atoms with Gasteiger partial charge >= 0.3 is 0 Å². The smallest absolute Gasteiger partial charge is 0.196 e. The first-order valence-corrected chi connectivity index (χ1v) is 7.88. The molecule has 0 aliphatic heterocycles. The van der Waals surface area contributed by atoms with E-state index in [0.717, 1.165) is 17.6 Å². The molecule has 0 N–H and O–H groups in total. The predicted molar refractivity (Wildman–Crippen MR) is 77.0 cm³/mol. The SMILES string of the molecule is CN(CC1CCCCC1)c1nc(C(=O)CCl)cs1. The van der Waals surface area contributed by atoms with E-state index >= 15 is 0 Å². The van der Waals surface area contributed by atoms with Gasteiger partial charge in [-0.25, -0.2) is 4.98 Å². The molecule has 0 spiro atoms. The van der Waals surface area contributed by atoms with Gasteiger partial charge in [0.15, 0.2) is 10.9 Å². The Balaban J connectivity index is 1.93. The summed E-state index contributed by atoms with van der Waals surface area (Å²) in [7, 11) is 2.06. The summed E-state index contributed by atoms with van der Waals surface area (Å²) < 4.78 is 0. The van der Waals surface area contributed by atoms with Gasteiger partial charge in [0.05, 0.1) is 5.88 Å². The first-order chi connectivity index (χ1) is 8.70. The number of hydrogen-bond acceptors (Lipinski definition) is 4. The van der Waals surface area contributed by atoms with Gasteiger partial charge in [-0.1, -0.05) is 19.3 Å². The molecule has 3 nitrogen and oxygen atoms in total. The van der Waals surface area contributed by atoms with Crippen molar-refractivity contribution in [3.8, 4) is 0 Å². The topological polar surface area (TPSA) is 33.2 Å². The second-order valence-corrected chi connectivity index (χ2v) is 6.06. The van der Waals surface area contributed by atoms with E-state index in [0.29, 0.717) is 5.69 Å². The minimum absolute atomic E-state index is 0.00944. The number of halogens is 1. The van der Waals surface area contributed by atoms with Gasteiger partial charge in [-0.3, -0.25) is 4.79 Å². The summed E-state index contributed by atoms with van der Waals surface area (Å²) in [5.41, 5.74) is 0.500. The van der Waals surface area contributed by atoms with Crippen molar-refractivity contribution in [3.63, 3.8) is 0 Å². The van der Waals surface area contributed by atoms with Crippen LogP contribution in [-0.4, -0.2) is 30.2 Å². The Morgan fingerprint density at radius 3 is 2.89 bits per heavy atom. The highest BCUT2D eigenvalue weighted by Gasteiger charge is 2.18. The number of carbonyl (C=O) groups is 1. The summed E-state index contributed by atoms with van der Waals surface area (Å²) in [6, 6.07) is 0. The number of rotatable bonds is 5. The zero-order valence-electron chi connectivity index (χ0n) is 10.7. The number of thiazole rings is 1. The standard InChI is InChI=1S/C13H19ClN2OS/c1-16(8-10-5-3-2-4-6-10)13-15-11(9-18-13)12(17)7-14/h9-10H,2-8H2,1H3. The zero-order chi connectivity index (χ0) is 13.0. The van der Waals surface area contributed by atoms with E-state index in [-0.39, 0.29) is 11.7 Å². The number of Topliss-reactive ketones (excluding diaryl/α,β-unsaturated/α-hetero) is 1. The highest BCUT2D eigenvalue weighted by atomic mass is 35.5. The second kappa shape index (κ2) is 6.53. The van der Waals surface area contributed by atoms with Gasteiger partial charge in [-0.15, -0.1) is 22.9 Å². The highest BCUT2D eigenvalue weighted by molar-refractivity contribution is 7.13. The van der Waals surface area contributed by atoms with Crippen LogP contribution in [0.3, 0.4) is 0 Å². The minimum Gasteiger partial charge on any atom is -0.351 e. The van der Waals surface area contributed by atoms with E-state index in [1.165, 1.54) is 43.4 Å². The van der Waals surface area contributed by atoms with E-state index in [4.69, 9.17) is 11.6 Å². The van der Waals surface area contributed by atoms with Gasteiger partial charge in [0.1, 0.15) is 5.69 Å². The lowest BCUT2D eigenvalue weighted by Crippen LogP contribution is -2.26. The summed E-state index contributed by atoms with van der Waals surface area (Å²) >= 11 is 7.06. The van der Waals surface area contributed by atoms with Gasteiger partial charge in [-0.05, 0) is 18.8 Å². The molecule has 1 heterocycles. The van der Waals surface area contributed by atoms with Crippen molar-refractivity contribution in [2.24, 2.45) is 5.92 Å². The maximum atomic E-state index is 11.4. The Bertz CT molecular complexity index is 401. The zero-order valence-corrected chi connectivity index (χ0v) is 12.3. The van der Waals surface area contributed by atoms with Crippen LogP contribution in [0.15, 0.2) is 5.38 Å². The van der Waals surface area contributed by atoms with Gasteiger partial charge in [0.2, 0.25) is 0 Å². The number of ketones is 1. The molecule has 18 heavy (non-hydrogen) atoms. The van der Waals surface area contributed by atoms with E-state index in [1.807, 2.05) is 0 Å². The molecule has 0 unspecified atom stereocenters. The molecule has 1 saturated carbocycles. The average molecular weight is 287 g/mol. The number of carbonyl (C=O) groups excluding carboxylic acids is 1. The first-order valence-electron chi connectivity index (χ1n) is 6.46. The molecule has 100 valence electrons. The maximum absolute atomic E-state index is 11.4. The Morgan fingerprint density at radius 1 is 1.50 bits per heavy atom. The maximum Gasteiger partial charge on any atom is 0.196 e. The second-order valence-electron chi connectivity index (χ2n) is 4.96. The summed E-state index contributed by atoms with van der Waals surface area (Å²) in [6.07, 6.45) is 6.73. The molecule has 0 aromatic carbocycles. The lowest BCUT2D eigenvalue weighted by Gasteiger charge is -2.26. The van der Waals surface area contributed by atoms with Crippen molar-refractivity contribution < 1.29 is 4.79 Å². The van der Waals surface area contributed by atoms with Crippen molar-refractivity contribution in [1.82, 2.24) is 4.98 Å². The van der Waals surface area contributed by atoms with Crippen LogP contribution >= 0.6 is 22.9 Å². The monoisotopic (exact) mass is 286 g/mol. The third kappa shape index (κ3) is 3.45. The van der Waals surface area contributed by atoms with Crippen molar-refractivity contribution in [3.05, 3.63) is 11.1 Å². The van der Waals surface area contributed by atoms with Crippen LogP contribution in [0.5, 0.6) is 0 Å². The number of alkyl halides is 1. The molecule has 0 bridgehead atoms. The van der Waals surface area contributed by atoms with Gasteiger partial charge < -0.3 is 4.90 Å². The Morgan fingerprint density at radius 2 is 2.22 bits per heavy atom. The summed E-state index contributed by atoms with van der Waals surface area (Å²) in [6.45, 7) is 1.04. The number of anilines is 1. The Labute approximate surface area is 117 Å². The van der Waals surface area contributed by atoms with Crippen LogP contribution in [0.4, 0.5) is 5.13 Å². The number of hydrogen-bond donors (Lipinski definition) is 0. The quantitative estimate of drug-likeness (QED) is 0.613. The largest absolute Gasteiger partial charge is 0.351 e. The molecular formula is C13H19ClN2OS. The third-order valence-corrected chi connectivity index (χ3v) is 4.68. The van der Waals surface area contributed by atoms with E-state index < -0.39 is 0 Å². The van der Waals surface area contributed by atoms with Crippen LogP contribution in [0.2, 0.25) is 0 Å². The lowest BCUT2D eigenvalue weighted by atomic mass is 9.89. The Kier molecular flexibility index (Phi) is 5.01. The molecule has 0 radical (unpaired) electrons. The number of aromatic nitrogens is 1. The molecule has 1 aromatic rings. The molecule has 0 saturated heterocycles. The number of nitrogens with zero attached hydrogens (tertiary/aromatic N) is 2. The fourth-order valence-electron chi connectivity index (χ4n) is 2.47. The third-order valence-electron chi connectivity index (χ3n) is 3.48. The van der Waals surface area contributed by atoms with Gasteiger partial charge in [0.25, 0.3) is 0 Å². The Hall–Kier alpha value is -0.610. The van der Waals surface area contributed by atoms with Crippen molar-refractivity contribution >= 4 is 33.9 Å². The fraction of sp³-hybridized carbons (Fsp3) is 0.692. The predicted octanol–water partition coefficient (Wildman–Crippen LogP) is 3.58. The molecule has 5 heteroatoms. The van der Waals surface area contributed by atoms with E-state index in [1.54, 1.807) is 5.38 Å². The van der Waals surface area contributed by atoms with Crippen LogP contribution in [-0.2, 0) is 0 Å². The minimum atomic E-state index is -0.0924. The van der Waals surface area contributed by atoms with Crippen molar-refractivity contribution in [2.45, 2.75) is 32.1 Å². The molecule has 1 fully saturated rings. The lowest BCUT2D eigenvalue weighted by molar-refractivity contribution is 0.101. The average Bonchev–Trinajstić information content (AvgIpc) is 2.88. The molecule has 2 rings (SSSR count). The molecule has 0 atom stereocenters. The summed E-state index contributed by atoms with van der Waals surface area (Å²) in [5.74, 6) is 0.695. The van der Waals surface area contributed by atoms with Crippen LogP contribution in [0.25, 0.3) is 0 Å². The van der Waals surface area contributed by atoms with Crippen molar-refractivity contribution in [2.75, 3.05) is 24.4 Å². The van der Waals surface area contributed by atoms with Crippen LogP contribution < -0.4 is 4.90 Å². The molecule has 0 amide bonds. The molecule has 1 aromatic heterocycles. The van der Waals surface area contributed by atoms with Crippen LogP contribution in [0, 0.1) is 5.92 Å². The van der Waals surface area contributed by atoms with E-state index in [9.17, 15) is 4.79 Å². The molecule has 1 aliphatic carbocycles. The van der Waals surface area contributed by atoms with Crippen molar-refractivity contribution in [1.29, 1.82) is 0 Å². The van der Waals surface area contributed by atoms with Crippen LogP contribution in [0.1, 0.15) is 42.6 Å². The fourth-order valence-corrected chi connectivity index (χ4v) is 3.41. The first kappa shape index (κ1) is 13.8. The normalized spacial score (nSPS) is 16.8. The highest BCUT2D eigenvalue weighted by Crippen LogP contribution is 2.27. The molecular weight excluding hydrogens is 268 g/mol. The van der Waals surface area contributed by atoms with Gasteiger partial charge in [-0.2, -0.15) is 0 Å². The van der Waals surface area contributed by atoms with Gasteiger partial charge in [0, 0.05) is 19.0 Å². The summed E-state index contributed by atoms with van der Waals surface area (Å²) in [4.78, 5) is 18.0. The molecule has 1 aliphatic rings. The summed E-state index contributed by atoms with van der Waals surface area (Å²) in [5, 5.41) is 2.73. The van der Waals surface area contributed by atoms with E-state index in [2.05, 4.69) is 16.9 Å².